The number of anilines is 1. The third-order valence-electron chi connectivity index (χ3n) is 4.44. The van der Waals surface area contributed by atoms with Gasteiger partial charge in [0, 0.05) is 30.7 Å². The molecule has 4 nitrogen and oxygen atoms in total. The molecule has 0 saturated carbocycles. The molecule has 3 N–H and O–H groups in total. The van der Waals surface area contributed by atoms with Crippen LogP contribution in [0.5, 0.6) is 0 Å². The first kappa shape index (κ1) is 23.9. The van der Waals surface area contributed by atoms with Gasteiger partial charge in [0.05, 0.1) is 17.5 Å². The molecule has 2 rings (SSSR count). The number of amides is 1. The van der Waals surface area contributed by atoms with Crippen molar-refractivity contribution in [1.82, 2.24) is 0 Å². The number of carbonyl (C=O) groups is 1. The first-order valence-corrected chi connectivity index (χ1v) is 8.55. The fourth-order valence-corrected chi connectivity index (χ4v) is 2.83. The maximum atomic E-state index is 13.6. The normalized spacial score (nSPS) is 12.6. The standard InChI is InChI=1S/C20H16F7N3O/c1-30(14-4-2-13(21)3-5-14)18(31)8-16-15(11(9-28)10-29)6-12(19(22,23)24)7-17(16)20(25,26)27/h2-7,9-10,28H,8,29H2,1H3. The summed E-state index contributed by atoms with van der Waals surface area (Å²) in [4.78, 5) is 13.6. The number of nitrogens with zero attached hydrogens (tertiary/aromatic N) is 1. The summed E-state index contributed by atoms with van der Waals surface area (Å²) in [5.41, 5.74) is 0.359. The Morgan fingerprint density at radius 1 is 1.06 bits per heavy atom. The predicted octanol–water partition coefficient (Wildman–Crippen LogP) is 5.02. The van der Waals surface area contributed by atoms with Crippen LogP contribution in [0.2, 0.25) is 0 Å². The number of carbonyl (C=O) groups excluding carboxylic acids is 1. The number of nitrogens with two attached hydrogens (primary N) is 1. The lowest BCUT2D eigenvalue weighted by Crippen LogP contribution is -2.29. The molecule has 2 aromatic carbocycles. The Morgan fingerprint density at radius 3 is 2.10 bits per heavy atom. The third kappa shape index (κ3) is 5.41. The number of allylic oxidation sites excluding steroid dienone is 1. The molecule has 0 aromatic heterocycles. The lowest BCUT2D eigenvalue weighted by molar-refractivity contribution is -0.143. The first-order chi connectivity index (χ1) is 14.3. The van der Waals surface area contributed by atoms with E-state index in [1.165, 1.54) is 19.2 Å². The molecule has 0 aliphatic carbocycles. The maximum Gasteiger partial charge on any atom is 0.416 e. The molecule has 11 heteroatoms. The highest BCUT2D eigenvalue weighted by atomic mass is 19.4. The smallest absolute Gasteiger partial charge is 0.404 e. The Hall–Kier alpha value is -3.37. The molecule has 0 saturated heterocycles. The van der Waals surface area contributed by atoms with E-state index in [-0.39, 0.29) is 11.8 Å². The lowest BCUT2D eigenvalue weighted by atomic mass is 9.90. The highest BCUT2D eigenvalue weighted by Gasteiger charge is 2.40. The number of halogens is 7. The largest absolute Gasteiger partial charge is 0.416 e. The molecule has 0 heterocycles. The number of likely N-dealkylation sites (N-methyl/N-ethyl adjacent to an activating group) is 1. The summed E-state index contributed by atoms with van der Waals surface area (Å²) in [5.74, 6) is -1.50. The maximum absolute atomic E-state index is 13.6. The molecule has 0 atom stereocenters. The number of rotatable bonds is 5. The molecule has 0 radical (unpaired) electrons. The summed E-state index contributed by atoms with van der Waals surface area (Å²) < 4.78 is 93.6. The molecular formula is C20H16F7N3O. The van der Waals surface area contributed by atoms with Crippen LogP contribution in [-0.4, -0.2) is 19.2 Å². The number of hydrogen-bond acceptors (Lipinski definition) is 3. The number of nitrogens with one attached hydrogen (secondary N) is 1. The predicted molar refractivity (Wildman–Crippen MR) is 101 cm³/mol. The van der Waals surface area contributed by atoms with Gasteiger partial charge in [-0.2, -0.15) is 26.3 Å². The van der Waals surface area contributed by atoms with Gasteiger partial charge in [-0.05, 0) is 47.5 Å². The minimum absolute atomic E-state index is 0.0813. The molecule has 166 valence electrons. The van der Waals surface area contributed by atoms with Gasteiger partial charge in [-0.25, -0.2) is 4.39 Å². The van der Waals surface area contributed by atoms with Crippen LogP contribution in [0.15, 0.2) is 42.6 Å². The number of alkyl halides is 6. The van der Waals surface area contributed by atoms with Crippen molar-refractivity contribution in [2.75, 3.05) is 11.9 Å². The summed E-state index contributed by atoms with van der Waals surface area (Å²) >= 11 is 0. The summed E-state index contributed by atoms with van der Waals surface area (Å²) in [6, 6.07) is 4.84. The second kappa shape index (κ2) is 8.78. The van der Waals surface area contributed by atoms with E-state index in [1.807, 2.05) is 0 Å². The van der Waals surface area contributed by atoms with Crippen LogP contribution in [0, 0.1) is 11.2 Å². The fraction of sp³-hybridized carbons (Fsp3) is 0.200. The molecule has 0 bridgehead atoms. The summed E-state index contributed by atoms with van der Waals surface area (Å²) in [6.45, 7) is 0. The van der Waals surface area contributed by atoms with Gasteiger partial charge < -0.3 is 16.0 Å². The van der Waals surface area contributed by atoms with E-state index in [0.29, 0.717) is 18.5 Å². The van der Waals surface area contributed by atoms with Gasteiger partial charge in [0.25, 0.3) is 0 Å². The van der Waals surface area contributed by atoms with Gasteiger partial charge in [-0.1, -0.05) is 0 Å². The molecular weight excluding hydrogens is 431 g/mol. The van der Waals surface area contributed by atoms with Crippen molar-refractivity contribution < 1.29 is 35.5 Å². The topological polar surface area (TPSA) is 70.2 Å². The van der Waals surface area contributed by atoms with E-state index in [1.54, 1.807) is 0 Å². The highest BCUT2D eigenvalue weighted by molar-refractivity contribution is 6.09. The molecule has 0 spiro atoms. The minimum Gasteiger partial charge on any atom is -0.404 e. The van der Waals surface area contributed by atoms with Crippen molar-refractivity contribution in [2.45, 2.75) is 18.8 Å². The van der Waals surface area contributed by atoms with E-state index in [0.717, 1.165) is 17.0 Å². The Labute approximate surface area is 172 Å². The van der Waals surface area contributed by atoms with Gasteiger partial charge in [0.2, 0.25) is 5.91 Å². The SMILES string of the molecule is CN(C(=O)Cc1c(C(C=N)=CN)cc(C(F)(F)F)cc1C(F)(F)F)c1ccc(F)cc1. The van der Waals surface area contributed by atoms with E-state index >= 15 is 0 Å². The monoisotopic (exact) mass is 447 g/mol. The van der Waals surface area contributed by atoms with Crippen LogP contribution in [-0.2, 0) is 23.6 Å². The van der Waals surface area contributed by atoms with Gasteiger partial charge in [-0.15, -0.1) is 0 Å². The van der Waals surface area contributed by atoms with Gasteiger partial charge >= 0.3 is 12.4 Å². The highest BCUT2D eigenvalue weighted by Crippen LogP contribution is 2.40. The molecule has 0 aliphatic rings. The number of hydrogen-bond donors (Lipinski definition) is 2. The summed E-state index contributed by atoms with van der Waals surface area (Å²) in [7, 11) is 1.23. The zero-order valence-corrected chi connectivity index (χ0v) is 15.9. The van der Waals surface area contributed by atoms with Crippen LogP contribution >= 0.6 is 0 Å². The number of benzene rings is 2. The van der Waals surface area contributed by atoms with Gasteiger partial charge in [0.15, 0.2) is 0 Å². The fourth-order valence-electron chi connectivity index (χ4n) is 2.83. The van der Waals surface area contributed by atoms with Crippen LogP contribution in [0.1, 0.15) is 22.3 Å². The minimum atomic E-state index is -5.22. The quantitative estimate of drug-likeness (QED) is 0.499. The van der Waals surface area contributed by atoms with Gasteiger partial charge in [-0.3, -0.25) is 4.79 Å². The van der Waals surface area contributed by atoms with Crippen LogP contribution in [0.3, 0.4) is 0 Å². The molecule has 0 fully saturated rings. The average molecular weight is 447 g/mol. The van der Waals surface area contributed by atoms with Crippen molar-refractivity contribution in [3.05, 3.63) is 70.7 Å². The van der Waals surface area contributed by atoms with Crippen molar-refractivity contribution >= 4 is 23.4 Å². The van der Waals surface area contributed by atoms with Gasteiger partial charge in [0.1, 0.15) is 5.82 Å². The molecule has 0 unspecified atom stereocenters. The van der Waals surface area contributed by atoms with Crippen molar-refractivity contribution in [3.8, 4) is 0 Å². The lowest BCUT2D eigenvalue weighted by Gasteiger charge is -2.23. The zero-order chi connectivity index (χ0) is 23.6. The Kier molecular flexibility index (Phi) is 6.77. The van der Waals surface area contributed by atoms with E-state index in [2.05, 4.69) is 0 Å². The zero-order valence-electron chi connectivity index (χ0n) is 15.9. The molecule has 1 amide bonds. The van der Waals surface area contributed by atoms with E-state index < -0.39 is 58.3 Å². The first-order valence-electron chi connectivity index (χ1n) is 8.55. The average Bonchev–Trinajstić information content (AvgIpc) is 2.68. The Morgan fingerprint density at radius 2 is 1.65 bits per heavy atom. The van der Waals surface area contributed by atoms with Crippen molar-refractivity contribution in [1.29, 1.82) is 5.41 Å². The second-order valence-corrected chi connectivity index (χ2v) is 6.42. The molecule has 2 aromatic rings. The van der Waals surface area contributed by atoms with Crippen LogP contribution < -0.4 is 10.6 Å². The van der Waals surface area contributed by atoms with E-state index in [4.69, 9.17) is 11.1 Å². The summed E-state index contributed by atoms with van der Waals surface area (Å²) in [5, 5.41) is 7.30. The van der Waals surface area contributed by atoms with Crippen molar-refractivity contribution in [2.24, 2.45) is 5.73 Å². The second-order valence-electron chi connectivity index (χ2n) is 6.42. The molecule has 0 aliphatic heterocycles. The van der Waals surface area contributed by atoms with Crippen LogP contribution in [0.4, 0.5) is 36.4 Å². The van der Waals surface area contributed by atoms with Crippen molar-refractivity contribution in [3.63, 3.8) is 0 Å². The molecule has 31 heavy (non-hydrogen) atoms. The summed E-state index contributed by atoms with van der Waals surface area (Å²) in [6.07, 6.45) is -10.1. The van der Waals surface area contributed by atoms with Crippen LogP contribution in [0.25, 0.3) is 5.57 Å². The Balaban J connectivity index is 2.66. The van der Waals surface area contributed by atoms with E-state index in [9.17, 15) is 35.5 Å². The third-order valence-corrected chi connectivity index (χ3v) is 4.44. The Bertz CT molecular complexity index is 1010.